The molecule has 3 aromatic carbocycles. The smallest absolute Gasteiger partial charge is 0.0929 e. The molecule has 0 fully saturated rings. The number of hydrogen-bond donors (Lipinski definition) is 0. The first kappa shape index (κ1) is 25.7. The maximum atomic E-state index is 5.67. The van der Waals surface area contributed by atoms with Gasteiger partial charge in [-0.15, -0.1) is 0 Å². The molecule has 5 heteroatoms. The maximum Gasteiger partial charge on any atom is 0.0929 e. The average Bonchev–Trinajstić information content (AvgIpc) is 3.60. The molecule has 0 atom stereocenters. The lowest BCUT2D eigenvalue weighted by Crippen LogP contribution is -2.09. The van der Waals surface area contributed by atoms with Gasteiger partial charge >= 0.3 is 0 Å². The van der Waals surface area contributed by atoms with Gasteiger partial charge in [0.1, 0.15) is 0 Å². The second-order valence-electron chi connectivity index (χ2n) is 9.49. The van der Waals surface area contributed by atoms with Gasteiger partial charge in [0.2, 0.25) is 0 Å². The van der Waals surface area contributed by atoms with Gasteiger partial charge in [-0.05, 0) is 31.5 Å². The van der Waals surface area contributed by atoms with Crippen LogP contribution in [0.2, 0.25) is 0 Å². The lowest BCUT2D eigenvalue weighted by molar-refractivity contribution is 0.136. The summed E-state index contributed by atoms with van der Waals surface area (Å²) in [5.41, 5.74) is 8.76. The molecule has 0 aliphatic carbocycles. The molecular weight excluding hydrogens is 468 g/mol. The number of ether oxygens (including phenoxy) is 1. The zero-order valence-electron chi connectivity index (χ0n) is 22.4. The van der Waals surface area contributed by atoms with E-state index >= 15 is 0 Å². The van der Waals surface area contributed by atoms with Crippen molar-refractivity contribution >= 4 is 0 Å². The highest BCUT2D eigenvalue weighted by Gasteiger charge is 2.15. The first-order chi connectivity index (χ1) is 18.8. The summed E-state index contributed by atoms with van der Waals surface area (Å²) in [7, 11) is 0. The van der Waals surface area contributed by atoms with Crippen LogP contribution >= 0.6 is 0 Å². The third kappa shape index (κ3) is 5.95. The summed E-state index contributed by atoms with van der Waals surface area (Å²) in [4.78, 5) is 0. The molecule has 0 radical (unpaired) electrons. The standard InChI is InChI=1S/C33H36N4O/c1-3-5-12-20-36-32(24-30(34-36)26-14-8-6-9-15-26)28-18-13-19-29(23-28)33-25-31(27-16-10-7-11-17-27)35-37(33)21-22-38-4-2/h6-11,13-19,23-25H,3-5,12,20-22H2,1-2H3. The lowest BCUT2D eigenvalue weighted by Gasteiger charge is -2.11. The molecule has 0 spiro atoms. The molecule has 0 aliphatic heterocycles. The SMILES string of the molecule is CCCCCn1nc(-c2ccccc2)cc1-c1cccc(-c2cc(-c3ccccc3)nn2CCOCC)c1. The van der Waals surface area contributed by atoms with Crippen LogP contribution in [0.5, 0.6) is 0 Å². The lowest BCUT2D eigenvalue weighted by atomic mass is 10.0. The molecular formula is C33H36N4O. The van der Waals surface area contributed by atoms with Crippen LogP contribution in [0.4, 0.5) is 0 Å². The quantitative estimate of drug-likeness (QED) is 0.162. The second kappa shape index (κ2) is 12.5. The number of nitrogens with zero attached hydrogens (tertiary/aromatic N) is 4. The van der Waals surface area contributed by atoms with Crippen LogP contribution in [0.15, 0.2) is 97.1 Å². The molecule has 0 saturated heterocycles. The Bertz CT molecular complexity index is 1330. The van der Waals surface area contributed by atoms with Gasteiger partial charge in [-0.25, -0.2) is 0 Å². The predicted octanol–water partition coefficient (Wildman–Crippen LogP) is 7.97. The normalized spacial score (nSPS) is 11.2. The molecule has 5 nitrogen and oxygen atoms in total. The van der Waals surface area contributed by atoms with E-state index in [4.69, 9.17) is 14.9 Å². The van der Waals surface area contributed by atoms with Crippen LogP contribution in [-0.4, -0.2) is 32.8 Å². The van der Waals surface area contributed by atoms with Crippen molar-refractivity contribution in [2.45, 2.75) is 46.2 Å². The van der Waals surface area contributed by atoms with Gasteiger partial charge in [0.25, 0.3) is 0 Å². The number of hydrogen-bond acceptors (Lipinski definition) is 3. The molecule has 0 unspecified atom stereocenters. The third-order valence-corrected chi connectivity index (χ3v) is 6.78. The van der Waals surface area contributed by atoms with Gasteiger partial charge in [0.05, 0.1) is 35.9 Å². The van der Waals surface area contributed by atoms with Crippen LogP contribution in [-0.2, 0) is 17.8 Å². The van der Waals surface area contributed by atoms with Crippen molar-refractivity contribution in [3.05, 3.63) is 97.1 Å². The average molecular weight is 505 g/mol. The number of aryl methyl sites for hydroxylation is 1. The first-order valence-corrected chi connectivity index (χ1v) is 13.7. The molecule has 0 bridgehead atoms. The molecule has 0 N–H and O–H groups in total. The van der Waals surface area contributed by atoms with Gasteiger partial charge in [-0.2, -0.15) is 10.2 Å². The number of rotatable bonds is 12. The van der Waals surface area contributed by atoms with E-state index in [-0.39, 0.29) is 0 Å². The number of unbranched alkanes of at least 4 members (excludes halogenated alkanes) is 2. The van der Waals surface area contributed by atoms with Gasteiger partial charge in [-0.1, -0.05) is 98.6 Å². The van der Waals surface area contributed by atoms with Crippen molar-refractivity contribution in [1.29, 1.82) is 0 Å². The summed E-state index contributed by atoms with van der Waals surface area (Å²) in [5, 5.41) is 9.99. The fourth-order valence-corrected chi connectivity index (χ4v) is 4.78. The summed E-state index contributed by atoms with van der Waals surface area (Å²) in [5.74, 6) is 0. The van der Waals surface area contributed by atoms with E-state index in [1.807, 2.05) is 19.1 Å². The Kier molecular flexibility index (Phi) is 8.46. The minimum atomic E-state index is 0.629. The predicted molar refractivity (Wildman–Crippen MR) is 156 cm³/mol. The van der Waals surface area contributed by atoms with Crippen molar-refractivity contribution < 1.29 is 4.74 Å². The maximum absolute atomic E-state index is 5.67. The van der Waals surface area contributed by atoms with Crippen molar-refractivity contribution in [1.82, 2.24) is 19.6 Å². The molecule has 194 valence electrons. The Morgan fingerprint density at radius 1 is 0.579 bits per heavy atom. The number of aromatic nitrogens is 4. The number of benzene rings is 3. The highest BCUT2D eigenvalue weighted by atomic mass is 16.5. The molecule has 0 aliphatic rings. The fraction of sp³-hybridized carbons (Fsp3) is 0.273. The largest absolute Gasteiger partial charge is 0.380 e. The highest BCUT2D eigenvalue weighted by molar-refractivity contribution is 5.75. The van der Waals surface area contributed by atoms with Crippen LogP contribution in [0.3, 0.4) is 0 Å². The van der Waals surface area contributed by atoms with Crippen LogP contribution < -0.4 is 0 Å². The van der Waals surface area contributed by atoms with Crippen LogP contribution in [0.25, 0.3) is 45.0 Å². The monoisotopic (exact) mass is 504 g/mol. The topological polar surface area (TPSA) is 44.9 Å². The highest BCUT2D eigenvalue weighted by Crippen LogP contribution is 2.32. The Balaban J connectivity index is 1.54. The zero-order valence-corrected chi connectivity index (χ0v) is 22.4. The van der Waals surface area contributed by atoms with Crippen LogP contribution in [0.1, 0.15) is 33.1 Å². The second-order valence-corrected chi connectivity index (χ2v) is 9.49. The van der Waals surface area contributed by atoms with Crippen molar-refractivity contribution in [2.24, 2.45) is 0 Å². The van der Waals surface area contributed by atoms with E-state index < -0.39 is 0 Å². The first-order valence-electron chi connectivity index (χ1n) is 13.7. The molecule has 2 heterocycles. The Morgan fingerprint density at radius 2 is 1.11 bits per heavy atom. The van der Waals surface area contributed by atoms with E-state index in [1.54, 1.807) is 0 Å². The van der Waals surface area contributed by atoms with E-state index in [9.17, 15) is 0 Å². The molecule has 0 saturated carbocycles. The van der Waals surface area contributed by atoms with Crippen molar-refractivity contribution in [2.75, 3.05) is 13.2 Å². The summed E-state index contributed by atoms with van der Waals surface area (Å²) in [6.07, 6.45) is 3.50. The van der Waals surface area contributed by atoms with E-state index in [0.29, 0.717) is 19.8 Å². The van der Waals surface area contributed by atoms with Crippen molar-refractivity contribution in [3.8, 4) is 45.0 Å². The van der Waals surface area contributed by atoms with E-state index in [1.165, 1.54) is 12.8 Å². The molecule has 2 aromatic heterocycles. The van der Waals surface area contributed by atoms with E-state index in [0.717, 1.165) is 58.0 Å². The Hall–Kier alpha value is -3.96. The minimum Gasteiger partial charge on any atom is -0.380 e. The third-order valence-electron chi connectivity index (χ3n) is 6.78. The van der Waals surface area contributed by atoms with Gasteiger partial charge in [-0.3, -0.25) is 9.36 Å². The summed E-state index contributed by atoms with van der Waals surface area (Å²) in [6.45, 7) is 7.20. The summed E-state index contributed by atoms with van der Waals surface area (Å²) < 4.78 is 9.93. The van der Waals surface area contributed by atoms with Crippen LogP contribution in [0, 0.1) is 0 Å². The zero-order chi connectivity index (χ0) is 26.2. The Morgan fingerprint density at radius 3 is 1.63 bits per heavy atom. The van der Waals surface area contributed by atoms with Gasteiger partial charge < -0.3 is 4.74 Å². The van der Waals surface area contributed by atoms with Crippen molar-refractivity contribution in [3.63, 3.8) is 0 Å². The minimum absolute atomic E-state index is 0.629. The van der Waals surface area contributed by atoms with Gasteiger partial charge in [0.15, 0.2) is 0 Å². The van der Waals surface area contributed by atoms with E-state index in [2.05, 4.69) is 101 Å². The van der Waals surface area contributed by atoms with Gasteiger partial charge in [0, 0.05) is 35.4 Å². The molecule has 38 heavy (non-hydrogen) atoms. The Labute approximate surface area is 225 Å². The molecule has 5 aromatic rings. The fourth-order valence-electron chi connectivity index (χ4n) is 4.78. The summed E-state index contributed by atoms with van der Waals surface area (Å²) >= 11 is 0. The molecule has 0 amide bonds. The molecule has 5 rings (SSSR count). The summed E-state index contributed by atoms with van der Waals surface area (Å²) in [6, 6.07) is 34.0.